The SMILES string of the molecule is CC(=O)O[C@H]1C=COCCC1. The van der Waals surface area contributed by atoms with Crippen molar-refractivity contribution in [1.82, 2.24) is 0 Å². The van der Waals surface area contributed by atoms with E-state index in [1.165, 1.54) is 6.92 Å². The molecule has 62 valence electrons. The van der Waals surface area contributed by atoms with Crippen molar-refractivity contribution in [3.05, 3.63) is 12.3 Å². The van der Waals surface area contributed by atoms with Gasteiger partial charge in [-0.25, -0.2) is 0 Å². The highest BCUT2D eigenvalue weighted by Gasteiger charge is 2.09. The predicted octanol–water partition coefficient (Wildman–Crippen LogP) is 1.24. The van der Waals surface area contributed by atoms with Gasteiger partial charge in [0.15, 0.2) is 0 Å². The van der Waals surface area contributed by atoms with Crippen LogP contribution in [0, 0.1) is 0 Å². The van der Waals surface area contributed by atoms with Crippen LogP contribution in [0.15, 0.2) is 12.3 Å². The van der Waals surface area contributed by atoms with Gasteiger partial charge in [0.2, 0.25) is 0 Å². The minimum Gasteiger partial charge on any atom is -0.501 e. The average Bonchev–Trinajstić information content (AvgIpc) is 2.14. The fraction of sp³-hybridized carbons (Fsp3) is 0.625. The second-order valence-electron chi connectivity index (χ2n) is 2.49. The van der Waals surface area contributed by atoms with Gasteiger partial charge in [0.25, 0.3) is 0 Å². The van der Waals surface area contributed by atoms with Gasteiger partial charge in [-0.3, -0.25) is 4.79 Å². The van der Waals surface area contributed by atoms with Crippen molar-refractivity contribution in [2.45, 2.75) is 25.9 Å². The monoisotopic (exact) mass is 156 g/mol. The van der Waals surface area contributed by atoms with Gasteiger partial charge in [-0.15, -0.1) is 0 Å². The number of rotatable bonds is 1. The average molecular weight is 156 g/mol. The van der Waals surface area contributed by atoms with Crippen molar-refractivity contribution in [3.8, 4) is 0 Å². The molecule has 0 aromatic heterocycles. The van der Waals surface area contributed by atoms with Crippen molar-refractivity contribution >= 4 is 5.97 Å². The molecule has 0 aliphatic carbocycles. The summed E-state index contributed by atoms with van der Waals surface area (Å²) in [5.74, 6) is -0.235. The van der Waals surface area contributed by atoms with E-state index in [-0.39, 0.29) is 12.1 Å². The van der Waals surface area contributed by atoms with E-state index in [0.29, 0.717) is 6.61 Å². The second-order valence-corrected chi connectivity index (χ2v) is 2.49. The highest BCUT2D eigenvalue weighted by atomic mass is 16.5. The van der Waals surface area contributed by atoms with Gasteiger partial charge >= 0.3 is 5.97 Å². The van der Waals surface area contributed by atoms with Gasteiger partial charge in [-0.1, -0.05) is 0 Å². The van der Waals surface area contributed by atoms with E-state index in [1.54, 1.807) is 12.3 Å². The first kappa shape index (κ1) is 8.11. The van der Waals surface area contributed by atoms with E-state index >= 15 is 0 Å². The molecule has 11 heavy (non-hydrogen) atoms. The second kappa shape index (κ2) is 4.01. The lowest BCUT2D eigenvalue weighted by Crippen LogP contribution is -2.12. The molecule has 0 amide bonds. The predicted molar refractivity (Wildman–Crippen MR) is 39.9 cm³/mol. The lowest BCUT2D eigenvalue weighted by Gasteiger charge is -2.08. The normalized spacial score (nSPS) is 23.5. The van der Waals surface area contributed by atoms with Crippen LogP contribution in [0.1, 0.15) is 19.8 Å². The zero-order chi connectivity index (χ0) is 8.10. The third kappa shape index (κ3) is 3.07. The van der Waals surface area contributed by atoms with Crippen molar-refractivity contribution in [2.75, 3.05) is 6.61 Å². The topological polar surface area (TPSA) is 35.5 Å². The fourth-order valence-corrected chi connectivity index (χ4v) is 0.987. The van der Waals surface area contributed by atoms with Crippen LogP contribution in [-0.2, 0) is 14.3 Å². The van der Waals surface area contributed by atoms with E-state index in [0.717, 1.165) is 12.8 Å². The molecule has 1 atom stereocenters. The van der Waals surface area contributed by atoms with E-state index in [4.69, 9.17) is 9.47 Å². The molecule has 3 nitrogen and oxygen atoms in total. The fourth-order valence-electron chi connectivity index (χ4n) is 0.987. The molecule has 0 N–H and O–H groups in total. The molecule has 0 bridgehead atoms. The number of hydrogen-bond donors (Lipinski definition) is 0. The molecule has 0 unspecified atom stereocenters. The quantitative estimate of drug-likeness (QED) is 0.536. The zero-order valence-electron chi connectivity index (χ0n) is 6.58. The smallest absolute Gasteiger partial charge is 0.303 e. The Hall–Kier alpha value is -0.990. The number of carbonyl (C=O) groups is 1. The first-order chi connectivity index (χ1) is 5.29. The van der Waals surface area contributed by atoms with Crippen LogP contribution in [0.5, 0.6) is 0 Å². The van der Waals surface area contributed by atoms with Crippen LogP contribution in [0.3, 0.4) is 0 Å². The first-order valence-corrected chi connectivity index (χ1v) is 3.74. The third-order valence-corrected chi connectivity index (χ3v) is 1.46. The summed E-state index contributed by atoms with van der Waals surface area (Å²) in [5.41, 5.74) is 0. The Kier molecular flexibility index (Phi) is 2.95. The minimum absolute atomic E-state index is 0.0880. The van der Waals surface area contributed by atoms with Crippen molar-refractivity contribution in [1.29, 1.82) is 0 Å². The highest BCUT2D eigenvalue weighted by molar-refractivity contribution is 5.66. The maximum absolute atomic E-state index is 10.5. The van der Waals surface area contributed by atoms with Crippen LogP contribution >= 0.6 is 0 Å². The van der Waals surface area contributed by atoms with Crippen LogP contribution in [-0.4, -0.2) is 18.7 Å². The summed E-state index contributed by atoms with van der Waals surface area (Å²) in [6.07, 6.45) is 5.07. The van der Waals surface area contributed by atoms with Crippen molar-refractivity contribution in [3.63, 3.8) is 0 Å². The molecule has 0 saturated heterocycles. The number of esters is 1. The molecule has 0 aromatic rings. The number of carbonyl (C=O) groups excluding carboxylic acids is 1. The Labute approximate surface area is 66.0 Å². The van der Waals surface area contributed by atoms with Gasteiger partial charge in [0, 0.05) is 6.92 Å². The molecule has 3 heteroatoms. The van der Waals surface area contributed by atoms with Crippen molar-refractivity contribution in [2.24, 2.45) is 0 Å². The van der Waals surface area contributed by atoms with Crippen LogP contribution in [0.25, 0.3) is 0 Å². The lowest BCUT2D eigenvalue weighted by atomic mass is 10.2. The van der Waals surface area contributed by atoms with E-state index in [1.807, 2.05) is 0 Å². The van der Waals surface area contributed by atoms with Crippen molar-refractivity contribution < 1.29 is 14.3 Å². The van der Waals surface area contributed by atoms with Gasteiger partial charge in [-0.05, 0) is 18.9 Å². The summed E-state index contributed by atoms with van der Waals surface area (Å²) < 4.78 is 10.00. The Morgan fingerprint density at radius 2 is 2.55 bits per heavy atom. The summed E-state index contributed by atoms with van der Waals surface area (Å²) in [6, 6.07) is 0. The van der Waals surface area contributed by atoms with Gasteiger partial charge in [0.05, 0.1) is 12.9 Å². The summed E-state index contributed by atoms with van der Waals surface area (Å²) in [4.78, 5) is 10.5. The molecule has 1 rings (SSSR count). The molecule has 1 aliphatic rings. The van der Waals surface area contributed by atoms with Gasteiger partial charge in [0.1, 0.15) is 6.10 Å². The summed E-state index contributed by atoms with van der Waals surface area (Å²) in [7, 11) is 0. The molecular weight excluding hydrogens is 144 g/mol. The molecular formula is C8H12O3. The Bertz CT molecular complexity index is 163. The molecule has 0 spiro atoms. The first-order valence-electron chi connectivity index (χ1n) is 3.74. The number of hydrogen-bond acceptors (Lipinski definition) is 3. The van der Waals surface area contributed by atoms with Crippen LogP contribution in [0.4, 0.5) is 0 Å². The van der Waals surface area contributed by atoms with Crippen LogP contribution in [0.2, 0.25) is 0 Å². The third-order valence-electron chi connectivity index (χ3n) is 1.46. The maximum atomic E-state index is 10.5. The molecule has 1 heterocycles. The zero-order valence-corrected chi connectivity index (χ0v) is 6.58. The molecule has 0 aromatic carbocycles. The lowest BCUT2D eigenvalue weighted by molar-refractivity contribution is -0.144. The van der Waals surface area contributed by atoms with E-state index < -0.39 is 0 Å². The Morgan fingerprint density at radius 1 is 1.73 bits per heavy atom. The molecule has 1 aliphatic heterocycles. The standard InChI is InChI=1S/C8H12O3/c1-7(9)11-8-3-2-5-10-6-4-8/h4,6,8H,2-3,5H2,1H3/t8-/m1/s1. The summed E-state index contributed by atoms with van der Waals surface area (Å²) >= 11 is 0. The molecule has 0 radical (unpaired) electrons. The minimum atomic E-state index is -0.235. The largest absolute Gasteiger partial charge is 0.501 e. The molecule has 0 fully saturated rings. The molecule has 0 saturated carbocycles. The highest BCUT2D eigenvalue weighted by Crippen LogP contribution is 2.08. The van der Waals surface area contributed by atoms with E-state index in [2.05, 4.69) is 0 Å². The van der Waals surface area contributed by atoms with Gasteiger partial charge < -0.3 is 9.47 Å². The number of ether oxygens (including phenoxy) is 2. The summed E-state index contributed by atoms with van der Waals surface area (Å²) in [6.45, 7) is 2.13. The maximum Gasteiger partial charge on any atom is 0.303 e. The summed E-state index contributed by atoms with van der Waals surface area (Å²) in [5, 5.41) is 0. The Morgan fingerprint density at radius 3 is 3.27 bits per heavy atom. The van der Waals surface area contributed by atoms with Crippen LogP contribution < -0.4 is 0 Å². The van der Waals surface area contributed by atoms with E-state index in [9.17, 15) is 4.79 Å². The Balaban J connectivity index is 2.36. The van der Waals surface area contributed by atoms with Gasteiger partial charge in [-0.2, -0.15) is 0 Å².